The summed E-state index contributed by atoms with van der Waals surface area (Å²) < 4.78 is 6.87. The highest BCUT2D eigenvalue weighted by Gasteiger charge is 2.45. The van der Waals surface area contributed by atoms with Gasteiger partial charge in [0, 0.05) is 23.0 Å². The van der Waals surface area contributed by atoms with E-state index in [2.05, 4.69) is 212 Å². The SMILES string of the molecule is CC1(C)CC(C)(C)c2cc(C(c3ccc4c(c3)N(c3ccccc3)c3cccc5c3B4c3ccc(-c4ccccc4)cc3O5)c3ccc4c(c3)C(C)(C)CC4(C)C)ccc21. The van der Waals surface area contributed by atoms with Crippen molar-refractivity contribution in [2.75, 3.05) is 4.90 Å². The molecule has 11 rings (SSSR count). The standard InChI is InChI=1S/C57H54BNO/c1-54(2)34-56(5,6)44-30-38(22-26-42(44)54)52(39-23-27-43-45(31-39)57(7,8)35-55(43,3)4)40-25-28-46-49(32-40)59(41-18-13-10-14-19-41)48-20-15-21-50-53(48)58(46)47-29-24-37(33-51(47)60-50)36-16-11-9-12-17-36/h9-33,52H,34-35H2,1-8H3. The number of benzene rings is 7. The molecule has 0 amide bonds. The lowest BCUT2D eigenvalue weighted by molar-refractivity contribution is 0.402. The largest absolute Gasteiger partial charge is 0.458 e. The molecule has 2 aliphatic heterocycles. The van der Waals surface area contributed by atoms with Gasteiger partial charge in [0.2, 0.25) is 0 Å². The highest BCUT2D eigenvalue weighted by Crippen LogP contribution is 2.53. The zero-order valence-corrected chi connectivity index (χ0v) is 36.4. The number of fused-ring (bicyclic) bond motifs is 6. The number of hydrogen-bond acceptors (Lipinski definition) is 2. The Morgan fingerprint density at radius 3 is 1.63 bits per heavy atom. The van der Waals surface area contributed by atoms with Gasteiger partial charge in [0.25, 0.3) is 6.71 Å². The molecule has 7 aromatic rings. The van der Waals surface area contributed by atoms with Crippen molar-refractivity contribution in [3.63, 3.8) is 0 Å². The molecule has 2 heterocycles. The molecule has 0 bridgehead atoms. The Morgan fingerprint density at radius 1 is 0.450 bits per heavy atom. The number of anilines is 3. The van der Waals surface area contributed by atoms with E-state index in [0.717, 1.165) is 35.6 Å². The Kier molecular flexibility index (Phi) is 7.98. The summed E-state index contributed by atoms with van der Waals surface area (Å²) in [6.45, 7) is 19.5. The van der Waals surface area contributed by atoms with Crippen LogP contribution in [0.3, 0.4) is 0 Å². The average Bonchev–Trinajstić information content (AvgIpc) is 3.54. The van der Waals surface area contributed by atoms with Crippen molar-refractivity contribution in [2.24, 2.45) is 0 Å². The first kappa shape index (κ1) is 37.2. The summed E-state index contributed by atoms with van der Waals surface area (Å²) in [5, 5.41) is 0. The van der Waals surface area contributed by atoms with Gasteiger partial charge in [0.05, 0.1) is 0 Å². The van der Waals surface area contributed by atoms with Gasteiger partial charge in [0.15, 0.2) is 0 Å². The molecular formula is C57H54BNO. The lowest BCUT2D eigenvalue weighted by atomic mass is 9.34. The van der Waals surface area contributed by atoms with Crippen LogP contribution in [0.15, 0.2) is 152 Å². The number of ether oxygens (including phenoxy) is 1. The van der Waals surface area contributed by atoms with Crippen LogP contribution in [0, 0.1) is 0 Å². The smallest absolute Gasteiger partial charge is 0.256 e. The lowest BCUT2D eigenvalue weighted by Gasteiger charge is -2.40. The molecule has 60 heavy (non-hydrogen) atoms. The second-order valence-electron chi connectivity index (χ2n) is 20.8. The average molecular weight is 780 g/mol. The first-order valence-electron chi connectivity index (χ1n) is 22.0. The van der Waals surface area contributed by atoms with Crippen molar-refractivity contribution in [1.29, 1.82) is 0 Å². The molecule has 0 atom stereocenters. The molecular weight excluding hydrogens is 725 g/mol. The summed E-state index contributed by atoms with van der Waals surface area (Å²) in [7, 11) is 0. The molecule has 7 aromatic carbocycles. The monoisotopic (exact) mass is 779 g/mol. The molecule has 0 aromatic heterocycles. The second-order valence-corrected chi connectivity index (χ2v) is 20.8. The van der Waals surface area contributed by atoms with E-state index in [4.69, 9.17) is 4.74 Å². The van der Waals surface area contributed by atoms with Crippen molar-refractivity contribution >= 4 is 40.2 Å². The van der Waals surface area contributed by atoms with Gasteiger partial charge in [-0.15, -0.1) is 0 Å². The molecule has 0 N–H and O–H groups in total. The highest BCUT2D eigenvalue weighted by atomic mass is 16.5. The van der Waals surface area contributed by atoms with Crippen molar-refractivity contribution in [3.8, 4) is 22.6 Å². The maximum atomic E-state index is 6.87. The van der Waals surface area contributed by atoms with Gasteiger partial charge in [-0.05, 0) is 137 Å². The predicted molar refractivity (Wildman–Crippen MR) is 253 cm³/mol. The molecule has 4 aliphatic rings. The fourth-order valence-corrected chi connectivity index (χ4v) is 12.5. The third-order valence-corrected chi connectivity index (χ3v) is 14.6. The molecule has 296 valence electrons. The van der Waals surface area contributed by atoms with Gasteiger partial charge in [-0.25, -0.2) is 0 Å². The van der Waals surface area contributed by atoms with E-state index in [1.54, 1.807) is 0 Å². The fraction of sp³-hybridized carbons (Fsp3) is 0.263. The Hall–Kier alpha value is -5.80. The van der Waals surface area contributed by atoms with Crippen molar-refractivity contribution in [1.82, 2.24) is 0 Å². The van der Waals surface area contributed by atoms with Crippen LogP contribution in [0.25, 0.3) is 11.1 Å². The van der Waals surface area contributed by atoms with Gasteiger partial charge < -0.3 is 9.64 Å². The van der Waals surface area contributed by atoms with Crippen molar-refractivity contribution < 1.29 is 4.74 Å². The molecule has 0 saturated carbocycles. The van der Waals surface area contributed by atoms with Crippen LogP contribution in [0.2, 0.25) is 0 Å². The second kappa shape index (κ2) is 12.9. The van der Waals surface area contributed by atoms with E-state index >= 15 is 0 Å². The molecule has 0 saturated heterocycles. The first-order chi connectivity index (χ1) is 28.7. The first-order valence-corrected chi connectivity index (χ1v) is 22.0. The van der Waals surface area contributed by atoms with Gasteiger partial charge in [-0.1, -0.05) is 171 Å². The number of rotatable bonds is 5. The normalized spacial score (nSPS) is 17.9. The van der Waals surface area contributed by atoms with Crippen LogP contribution < -0.4 is 26.0 Å². The molecule has 2 nitrogen and oxygen atoms in total. The van der Waals surface area contributed by atoms with Gasteiger partial charge in [-0.2, -0.15) is 0 Å². The van der Waals surface area contributed by atoms with E-state index in [9.17, 15) is 0 Å². The fourth-order valence-electron chi connectivity index (χ4n) is 12.5. The topological polar surface area (TPSA) is 12.5 Å². The van der Waals surface area contributed by atoms with Gasteiger partial charge >= 0.3 is 0 Å². The van der Waals surface area contributed by atoms with Crippen LogP contribution in [0.4, 0.5) is 17.1 Å². The van der Waals surface area contributed by atoms with E-state index in [-0.39, 0.29) is 34.3 Å². The quantitative estimate of drug-likeness (QED) is 0.127. The molecule has 0 radical (unpaired) electrons. The van der Waals surface area contributed by atoms with Crippen molar-refractivity contribution in [2.45, 2.75) is 95.8 Å². The molecule has 0 spiro atoms. The minimum Gasteiger partial charge on any atom is -0.458 e. The maximum absolute atomic E-state index is 6.87. The summed E-state index contributed by atoms with van der Waals surface area (Å²) in [5.74, 6) is 1.90. The van der Waals surface area contributed by atoms with Crippen LogP contribution >= 0.6 is 0 Å². The summed E-state index contributed by atoms with van der Waals surface area (Å²) in [5.41, 5.74) is 20.1. The zero-order valence-electron chi connectivity index (χ0n) is 36.4. The van der Waals surface area contributed by atoms with Crippen molar-refractivity contribution in [3.05, 3.63) is 191 Å². The predicted octanol–water partition coefficient (Wildman–Crippen LogP) is 12.9. The van der Waals surface area contributed by atoms with Crippen LogP contribution in [-0.4, -0.2) is 6.71 Å². The third kappa shape index (κ3) is 5.61. The van der Waals surface area contributed by atoms with E-state index in [1.165, 1.54) is 72.3 Å². The molecule has 2 aliphatic carbocycles. The van der Waals surface area contributed by atoms with E-state index < -0.39 is 0 Å². The van der Waals surface area contributed by atoms with Gasteiger partial charge in [-0.3, -0.25) is 0 Å². The Morgan fingerprint density at radius 2 is 1.00 bits per heavy atom. The third-order valence-electron chi connectivity index (χ3n) is 14.6. The maximum Gasteiger partial charge on any atom is 0.256 e. The lowest BCUT2D eigenvalue weighted by Crippen LogP contribution is -2.59. The highest BCUT2D eigenvalue weighted by molar-refractivity contribution is 6.99. The van der Waals surface area contributed by atoms with Crippen LogP contribution in [0.1, 0.15) is 113 Å². The Labute approximate surface area is 357 Å². The molecule has 0 fully saturated rings. The molecule has 3 heteroatoms. The Balaban J connectivity index is 1.14. The van der Waals surface area contributed by atoms with E-state index in [1.807, 2.05) is 0 Å². The summed E-state index contributed by atoms with van der Waals surface area (Å²) >= 11 is 0. The number of para-hydroxylation sites is 1. The van der Waals surface area contributed by atoms with Gasteiger partial charge in [0.1, 0.15) is 11.5 Å². The summed E-state index contributed by atoms with van der Waals surface area (Å²) in [6.07, 6.45) is 2.30. The van der Waals surface area contributed by atoms with Crippen LogP contribution in [-0.2, 0) is 21.7 Å². The minimum atomic E-state index is 0.0262. The zero-order chi connectivity index (χ0) is 41.3. The molecule has 0 unspecified atom stereocenters. The summed E-state index contributed by atoms with van der Waals surface area (Å²) in [6, 6.07) is 57.3. The minimum absolute atomic E-state index is 0.0262. The number of nitrogens with zero attached hydrogens (tertiary/aromatic N) is 1. The van der Waals surface area contributed by atoms with E-state index in [0.29, 0.717) is 0 Å². The Bertz CT molecular complexity index is 2790. The number of hydrogen-bond donors (Lipinski definition) is 0. The summed E-state index contributed by atoms with van der Waals surface area (Å²) in [4.78, 5) is 2.49. The van der Waals surface area contributed by atoms with Crippen LogP contribution in [0.5, 0.6) is 11.5 Å².